The van der Waals surface area contributed by atoms with Crippen LogP contribution < -0.4 is 18.9 Å². The van der Waals surface area contributed by atoms with Gasteiger partial charge in [-0.1, -0.05) is 72.8 Å². The third-order valence-electron chi connectivity index (χ3n) is 4.07. The fourth-order valence-corrected chi connectivity index (χ4v) is 2.57. The average Bonchev–Trinajstić information content (AvgIpc) is 2.95. The monoisotopic (exact) mass is 590 g/mol. The van der Waals surface area contributed by atoms with Gasteiger partial charge in [-0.25, -0.2) is 9.59 Å². The van der Waals surface area contributed by atoms with E-state index in [1.165, 1.54) is 6.92 Å². The molecule has 0 unspecified atom stereocenters. The zero-order valence-corrected chi connectivity index (χ0v) is 23.6. The van der Waals surface area contributed by atoms with Crippen LogP contribution in [0.2, 0.25) is 0 Å². The number of esters is 2. The number of carboxylic acid groups (broad SMARTS) is 1. The Labute approximate surface area is 248 Å². The molecule has 0 saturated heterocycles. The van der Waals surface area contributed by atoms with E-state index in [0.29, 0.717) is 23.0 Å². The zero-order chi connectivity index (χ0) is 31.9. The van der Waals surface area contributed by atoms with E-state index in [1.54, 1.807) is 91.0 Å². The summed E-state index contributed by atoms with van der Waals surface area (Å²) in [7, 11) is 0. The van der Waals surface area contributed by atoms with Gasteiger partial charge in [-0.15, -0.1) is 0 Å². The van der Waals surface area contributed by atoms with Gasteiger partial charge in [-0.2, -0.15) is 0 Å². The van der Waals surface area contributed by atoms with E-state index in [-0.39, 0.29) is 5.97 Å². The highest BCUT2D eigenvalue weighted by atomic mass is 16.7. The van der Waals surface area contributed by atoms with E-state index >= 15 is 0 Å². The summed E-state index contributed by atoms with van der Waals surface area (Å²) >= 11 is 0. The van der Waals surface area contributed by atoms with E-state index in [0.717, 1.165) is 13.8 Å². The molecule has 0 bridgehead atoms. The molecule has 0 aliphatic rings. The van der Waals surface area contributed by atoms with E-state index in [2.05, 4.69) is 9.47 Å². The number of carbonyl (C=O) groups excluding carboxylic acids is 4. The van der Waals surface area contributed by atoms with Crippen molar-refractivity contribution in [2.45, 2.75) is 20.8 Å². The first-order valence-corrected chi connectivity index (χ1v) is 12.4. The SMILES string of the molecule is CC(=O)O.CC(=O)OC(=O)Oc1ccccc1.CC(=O)Oc1ccccc1.O=C(Oc1ccccc1)Oc1ccccc1. The van der Waals surface area contributed by atoms with Crippen molar-refractivity contribution in [3.63, 3.8) is 0 Å². The van der Waals surface area contributed by atoms with Crippen LogP contribution in [0.4, 0.5) is 9.59 Å². The number of para-hydroxylation sites is 4. The van der Waals surface area contributed by atoms with Crippen LogP contribution in [0.3, 0.4) is 0 Å². The van der Waals surface area contributed by atoms with Crippen LogP contribution in [0.25, 0.3) is 0 Å². The van der Waals surface area contributed by atoms with Crippen molar-refractivity contribution in [1.29, 1.82) is 0 Å². The molecule has 4 aromatic rings. The van der Waals surface area contributed by atoms with Gasteiger partial charge in [0, 0.05) is 20.8 Å². The first-order chi connectivity index (χ1) is 20.5. The van der Waals surface area contributed by atoms with Crippen LogP contribution in [-0.4, -0.2) is 35.3 Å². The van der Waals surface area contributed by atoms with Gasteiger partial charge in [-0.3, -0.25) is 14.4 Å². The average molecular weight is 591 g/mol. The number of benzene rings is 4. The van der Waals surface area contributed by atoms with E-state index in [1.807, 2.05) is 30.3 Å². The number of ether oxygens (including phenoxy) is 5. The van der Waals surface area contributed by atoms with Crippen molar-refractivity contribution in [1.82, 2.24) is 0 Å². The summed E-state index contributed by atoms with van der Waals surface area (Å²) in [4.78, 5) is 51.8. The fourth-order valence-electron chi connectivity index (χ4n) is 2.57. The predicted molar refractivity (Wildman–Crippen MR) is 155 cm³/mol. The second-order valence-electron chi connectivity index (χ2n) is 7.76. The molecule has 4 aromatic carbocycles. The summed E-state index contributed by atoms with van der Waals surface area (Å²) in [5.41, 5.74) is 0. The molecule has 0 aliphatic carbocycles. The molecule has 4 rings (SSSR count). The molecule has 0 atom stereocenters. The molecule has 11 heteroatoms. The Bertz CT molecular complexity index is 1350. The first kappa shape index (κ1) is 35.1. The lowest BCUT2D eigenvalue weighted by atomic mass is 10.3. The van der Waals surface area contributed by atoms with Crippen molar-refractivity contribution >= 4 is 30.2 Å². The lowest BCUT2D eigenvalue weighted by Crippen LogP contribution is -2.13. The molecule has 0 amide bonds. The van der Waals surface area contributed by atoms with E-state index in [9.17, 15) is 19.2 Å². The Morgan fingerprint density at radius 1 is 0.419 bits per heavy atom. The fraction of sp³-hybridized carbons (Fsp3) is 0.0938. The molecule has 11 nitrogen and oxygen atoms in total. The van der Waals surface area contributed by atoms with Crippen molar-refractivity contribution in [2.75, 3.05) is 0 Å². The summed E-state index contributed by atoms with van der Waals surface area (Å²) in [6.07, 6.45) is -1.75. The van der Waals surface area contributed by atoms with Gasteiger partial charge >= 0.3 is 24.2 Å². The molecule has 43 heavy (non-hydrogen) atoms. The molecule has 0 spiro atoms. The lowest BCUT2D eigenvalue weighted by molar-refractivity contribution is -0.136. The van der Waals surface area contributed by atoms with Gasteiger partial charge in [-0.05, 0) is 48.5 Å². The van der Waals surface area contributed by atoms with Crippen LogP contribution in [-0.2, 0) is 19.1 Å². The number of carboxylic acids is 1. The Hall–Kier alpha value is -5.97. The second kappa shape index (κ2) is 20.9. The largest absolute Gasteiger partial charge is 0.521 e. The summed E-state index contributed by atoms with van der Waals surface area (Å²) in [5.74, 6) is 0.0442. The zero-order valence-electron chi connectivity index (χ0n) is 23.6. The maximum absolute atomic E-state index is 11.3. The number of hydrogen-bond donors (Lipinski definition) is 1. The summed E-state index contributed by atoms with van der Waals surface area (Å²) < 4.78 is 23.5. The van der Waals surface area contributed by atoms with Crippen molar-refractivity contribution in [3.05, 3.63) is 121 Å². The van der Waals surface area contributed by atoms with Crippen LogP contribution in [0, 0.1) is 0 Å². The molecule has 0 saturated carbocycles. The molecular formula is C32H30O11. The van der Waals surface area contributed by atoms with Crippen LogP contribution in [0.1, 0.15) is 20.8 Å². The molecule has 224 valence electrons. The molecular weight excluding hydrogens is 560 g/mol. The molecule has 1 N–H and O–H groups in total. The van der Waals surface area contributed by atoms with Gasteiger partial charge in [0.2, 0.25) is 0 Å². The normalized spacial score (nSPS) is 8.91. The van der Waals surface area contributed by atoms with Gasteiger partial charge < -0.3 is 28.8 Å². The maximum Gasteiger partial charge on any atom is 0.521 e. The van der Waals surface area contributed by atoms with Gasteiger partial charge in [0.05, 0.1) is 0 Å². The first-order valence-electron chi connectivity index (χ1n) is 12.4. The number of rotatable bonds is 4. The number of hydrogen-bond acceptors (Lipinski definition) is 10. The van der Waals surface area contributed by atoms with Crippen LogP contribution in [0.5, 0.6) is 23.0 Å². The lowest BCUT2D eigenvalue weighted by Gasteiger charge is -2.04. The third-order valence-corrected chi connectivity index (χ3v) is 4.07. The van der Waals surface area contributed by atoms with Gasteiger partial charge in [0.15, 0.2) is 0 Å². The Morgan fingerprint density at radius 2 is 0.674 bits per heavy atom. The van der Waals surface area contributed by atoms with Crippen molar-refractivity contribution in [2.24, 2.45) is 0 Å². The molecule has 0 fully saturated rings. The minimum atomic E-state index is -1.02. The van der Waals surface area contributed by atoms with Crippen LogP contribution in [0.15, 0.2) is 121 Å². The molecule has 0 heterocycles. The number of carbonyl (C=O) groups is 5. The van der Waals surface area contributed by atoms with E-state index < -0.39 is 24.2 Å². The Balaban J connectivity index is 0.000000310. The highest BCUT2D eigenvalue weighted by molar-refractivity contribution is 5.81. The second-order valence-corrected chi connectivity index (χ2v) is 7.76. The quantitative estimate of drug-likeness (QED) is 0.117. The minimum Gasteiger partial charge on any atom is -0.481 e. The molecule has 0 radical (unpaired) electrons. The molecule has 0 aliphatic heterocycles. The Morgan fingerprint density at radius 3 is 0.930 bits per heavy atom. The topological polar surface area (TPSA) is 152 Å². The highest BCUT2D eigenvalue weighted by Gasteiger charge is 2.08. The highest BCUT2D eigenvalue weighted by Crippen LogP contribution is 2.13. The van der Waals surface area contributed by atoms with Crippen LogP contribution >= 0.6 is 0 Å². The Kier molecular flexibility index (Phi) is 17.0. The molecule has 0 aromatic heterocycles. The van der Waals surface area contributed by atoms with Gasteiger partial charge in [0.1, 0.15) is 23.0 Å². The summed E-state index contributed by atoms with van der Waals surface area (Å²) in [5, 5.41) is 7.42. The summed E-state index contributed by atoms with van der Waals surface area (Å²) in [6.45, 7) is 3.60. The summed E-state index contributed by atoms with van der Waals surface area (Å²) in [6, 6.07) is 34.9. The number of aliphatic carboxylic acids is 1. The smallest absolute Gasteiger partial charge is 0.481 e. The van der Waals surface area contributed by atoms with Crippen molar-refractivity contribution < 1.29 is 52.8 Å². The maximum atomic E-state index is 11.3. The minimum absolute atomic E-state index is 0.286. The predicted octanol–water partition coefficient (Wildman–Crippen LogP) is 6.72. The van der Waals surface area contributed by atoms with Crippen molar-refractivity contribution in [3.8, 4) is 23.0 Å². The van der Waals surface area contributed by atoms with E-state index in [4.69, 9.17) is 24.1 Å². The van der Waals surface area contributed by atoms with Gasteiger partial charge in [0.25, 0.3) is 5.97 Å². The standard InChI is InChI=1S/C13H10O3.C9H8O4.C8H8O2.C2H4O2/c14-13(15-11-7-3-1-4-8-11)16-12-9-5-2-6-10-12;1-7(10)12-9(11)13-8-5-3-2-4-6-8;1-7(9)10-8-5-3-2-4-6-8;1-2(3)4/h1-10H;2-6H,1H3;2-6H,1H3;1H3,(H,3,4). The third kappa shape index (κ3) is 19.7.